The summed E-state index contributed by atoms with van der Waals surface area (Å²) in [5.41, 5.74) is 4.57. The Kier molecular flexibility index (Phi) is 3.06. The van der Waals surface area contributed by atoms with Crippen molar-refractivity contribution in [2.75, 3.05) is 0 Å². The van der Waals surface area contributed by atoms with Crippen LogP contribution in [0.1, 0.15) is 31.4 Å². The molecule has 0 saturated heterocycles. The van der Waals surface area contributed by atoms with Gasteiger partial charge in [-0.2, -0.15) is 0 Å². The van der Waals surface area contributed by atoms with E-state index in [1.54, 1.807) is 0 Å². The standard InChI is InChI=1S/C23H24O/c1-15(2)24-22-18-13-20-21(22)23(20,17-11-7-4-8-12-17)14-19(18)16-9-5-3-6-10-16/h3-12,14-15,18,20-22H,13H2,1-2H3. The highest BCUT2D eigenvalue weighted by Crippen LogP contribution is 2.75. The second kappa shape index (κ2) is 5.07. The van der Waals surface area contributed by atoms with Crippen LogP contribution >= 0.6 is 0 Å². The molecule has 4 aliphatic rings. The van der Waals surface area contributed by atoms with Crippen molar-refractivity contribution in [3.8, 4) is 0 Å². The first-order valence-corrected chi connectivity index (χ1v) is 9.21. The molecule has 1 nitrogen and oxygen atoms in total. The number of hydrogen-bond acceptors (Lipinski definition) is 1. The number of rotatable bonds is 4. The van der Waals surface area contributed by atoms with Gasteiger partial charge >= 0.3 is 0 Å². The van der Waals surface area contributed by atoms with Gasteiger partial charge in [-0.05, 0) is 42.9 Å². The summed E-state index contributed by atoms with van der Waals surface area (Å²) in [5.74, 6) is 2.00. The monoisotopic (exact) mass is 316 g/mol. The molecular weight excluding hydrogens is 292 g/mol. The molecule has 4 aliphatic carbocycles. The lowest BCUT2D eigenvalue weighted by atomic mass is 9.71. The van der Waals surface area contributed by atoms with Crippen LogP contribution in [0.3, 0.4) is 0 Å². The third kappa shape index (κ3) is 1.85. The first-order valence-electron chi connectivity index (χ1n) is 9.21. The van der Waals surface area contributed by atoms with Crippen LogP contribution in [0.5, 0.6) is 0 Å². The van der Waals surface area contributed by atoms with Crippen molar-refractivity contribution in [2.24, 2.45) is 17.8 Å². The second-order valence-corrected chi connectivity index (χ2v) is 7.89. The molecule has 0 aliphatic heterocycles. The van der Waals surface area contributed by atoms with Crippen molar-refractivity contribution in [3.63, 3.8) is 0 Å². The van der Waals surface area contributed by atoms with Gasteiger partial charge in [-0.25, -0.2) is 0 Å². The zero-order valence-corrected chi connectivity index (χ0v) is 14.4. The molecular formula is C23H24O. The van der Waals surface area contributed by atoms with E-state index in [0.717, 1.165) is 5.92 Å². The Morgan fingerprint density at radius 3 is 2.29 bits per heavy atom. The van der Waals surface area contributed by atoms with E-state index in [4.69, 9.17) is 4.74 Å². The van der Waals surface area contributed by atoms with Crippen LogP contribution in [-0.4, -0.2) is 12.2 Å². The molecule has 0 amide bonds. The lowest BCUT2D eigenvalue weighted by molar-refractivity contribution is -0.0220. The van der Waals surface area contributed by atoms with Crippen LogP contribution in [0.25, 0.3) is 5.57 Å². The number of allylic oxidation sites excluding steroid dienone is 1. The Hall–Kier alpha value is -1.86. The summed E-state index contributed by atoms with van der Waals surface area (Å²) in [5, 5.41) is 0. The van der Waals surface area contributed by atoms with Crippen molar-refractivity contribution in [3.05, 3.63) is 77.9 Å². The van der Waals surface area contributed by atoms with Crippen LogP contribution in [0.4, 0.5) is 0 Å². The van der Waals surface area contributed by atoms with Gasteiger partial charge in [0, 0.05) is 17.3 Å². The maximum absolute atomic E-state index is 6.46. The highest BCUT2D eigenvalue weighted by molar-refractivity contribution is 5.76. The van der Waals surface area contributed by atoms with Gasteiger partial charge in [0.05, 0.1) is 12.2 Å². The Bertz CT molecular complexity index is 776. The molecule has 2 aromatic carbocycles. The molecule has 122 valence electrons. The molecule has 5 atom stereocenters. The van der Waals surface area contributed by atoms with E-state index in [2.05, 4.69) is 80.6 Å². The normalized spacial score (nSPS) is 35.9. The van der Waals surface area contributed by atoms with E-state index >= 15 is 0 Å². The highest BCUT2D eigenvalue weighted by Gasteiger charge is 2.75. The van der Waals surface area contributed by atoms with Crippen molar-refractivity contribution in [2.45, 2.75) is 37.9 Å². The minimum Gasteiger partial charge on any atom is -0.375 e. The van der Waals surface area contributed by atoms with Crippen molar-refractivity contribution in [1.82, 2.24) is 0 Å². The van der Waals surface area contributed by atoms with Gasteiger partial charge in [0.15, 0.2) is 0 Å². The molecule has 0 heterocycles. The van der Waals surface area contributed by atoms with Crippen molar-refractivity contribution >= 4 is 5.57 Å². The first-order chi connectivity index (χ1) is 11.7. The quantitative estimate of drug-likeness (QED) is 0.764. The Labute approximate surface area is 144 Å². The zero-order chi connectivity index (χ0) is 16.3. The predicted octanol–water partition coefficient (Wildman–Crippen LogP) is 5.08. The van der Waals surface area contributed by atoms with Gasteiger partial charge in [0.25, 0.3) is 0 Å². The fraction of sp³-hybridized carbons (Fsp3) is 0.391. The molecule has 1 heteroatoms. The molecule has 4 bridgehead atoms. The van der Waals surface area contributed by atoms with Crippen molar-refractivity contribution in [1.29, 1.82) is 0 Å². The Morgan fingerprint density at radius 2 is 1.62 bits per heavy atom. The average Bonchev–Trinajstić information content (AvgIpc) is 3.17. The SMILES string of the molecule is CC(C)OC1C2CC3C1C3(c1ccccc1)C=C2c1ccccc1. The largest absolute Gasteiger partial charge is 0.375 e. The summed E-state index contributed by atoms with van der Waals surface area (Å²) in [4.78, 5) is 0. The minimum atomic E-state index is 0.209. The van der Waals surface area contributed by atoms with Crippen LogP contribution in [0.15, 0.2) is 66.7 Å². The van der Waals surface area contributed by atoms with Crippen LogP contribution in [-0.2, 0) is 10.2 Å². The molecule has 2 aromatic rings. The molecule has 24 heavy (non-hydrogen) atoms. The Balaban J connectivity index is 1.64. The van der Waals surface area contributed by atoms with E-state index in [1.165, 1.54) is 23.1 Å². The molecule has 6 rings (SSSR count). The van der Waals surface area contributed by atoms with E-state index in [0.29, 0.717) is 24.0 Å². The predicted molar refractivity (Wildman–Crippen MR) is 97.6 cm³/mol. The molecule has 0 aromatic heterocycles. The van der Waals surface area contributed by atoms with E-state index < -0.39 is 0 Å². The number of hydrogen-bond donors (Lipinski definition) is 0. The number of ether oxygens (including phenoxy) is 1. The lowest BCUT2D eigenvalue weighted by Crippen LogP contribution is -2.36. The highest BCUT2D eigenvalue weighted by atomic mass is 16.5. The van der Waals surface area contributed by atoms with Gasteiger partial charge in [-0.3, -0.25) is 0 Å². The van der Waals surface area contributed by atoms with Gasteiger partial charge in [0.1, 0.15) is 0 Å². The first kappa shape index (κ1) is 14.5. The van der Waals surface area contributed by atoms with E-state index in [-0.39, 0.29) is 5.41 Å². The van der Waals surface area contributed by atoms with Crippen LogP contribution < -0.4 is 0 Å². The smallest absolute Gasteiger partial charge is 0.0690 e. The van der Waals surface area contributed by atoms with Gasteiger partial charge < -0.3 is 4.74 Å². The third-order valence-corrected chi connectivity index (χ3v) is 6.35. The minimum absolute atomic E-state index is 0.209. The van der Waals surface area contributed by atoms with E-state index in [9.17, 15) is 0 Å². The maximum Gasteiger partial charge on any atom is 0.0690 e. The topological polar surface area (TPSA) is 9.23 Å². The van der Waals surface area contributed by atoms with Gasteiger partial charge in [-0.1, -0.05) is 66.7 Å². The second-order valence-electron chi connectivity index (χ2n) is 7.89. The summed E-state index contributed by atoms with van der Waals surface area (Å²) in [6.07, 6.45) is 4.54. The van der Waals surface area contributed by atoms with Gasteiger partial charge in [-0.15, -0.1) is 0 Å². The van der Waals surface area contributed by atoms with Crippen LogP contribution in [0.2, 0.25) is 0 Å². The third-order valence-electron chi connectivity index (χ3n) is 6.35. The molecule has 0 radical (unpaired) electrons. The lowest BCUT2D eigenvalue weighted by Gasteiger charge is -2.38. The Morgan fingerprint density at radius 1 is 0.958 bits per heavy atom. The zero-order valence-electron chi connectivity index (χ0n) is 14.4. The van der Waals surface area contributed by atoms with Crippen molar-refractivity contribution < 1.29 is 4.74 Å². The summed E-state index contributed by atoms with van der Waals surface area (Å²) in [6.45, 7) is 4.34. The fourth-order valence-corrected chi connectivity index (χ4v) is 5.52. The number of benzene rings is 2. The van der Waals surface area contributed by atoms with Gasteiger partial charge in [0.2, 0.25) is 0 Å². The summed E-state index contributed by atoms with van der Waals surface area (Å²) in [6, 6.07) is 22.0. The summed E-state index contributed by atoms with van der Waals surface area (Å²) in [7, 11) is 0. The molecule has 2 saturated carbocycles. The molecule has 5 unspecified atom stereocenters. The summed E-state index contributed by atoms with van der Waals surface area (Å²) < 4.78 is 6.46. The molecule has 2 fully saturated rings. The summed E-state index contributed by atoms with van der Waals surface area (Å²) >= 11 is 0. The van der Waals surface area contributed by atoms with Crippen LogP contribution in [0, 0.1) is 17.8 Å². The van der Waals surface area contributed by atoms with E-state index in [1.807, 2.05) is 0 Å². The average molecular weight is 316 g/mol. The molecule has 0 N–H and O–H groups in total. The maximum atomic E-state index is 6.46. The fourth-order valence-electron chi connectivity index (χ4n) is 5.52. The molecule has 0 spiro atoms.